The topological polar surface area (TPSA) is 97.5 Å². The first-order valence-electron chi connectivity index (χ1n) is 7.07. The highest BCUT2D eigenvalue weighted by Gasteiger charge is 2.22. The highest BCUT2D eigenvalue weighted by Crippen LogP contribution is 2.27. The smallest absolute Gasteiger partial charge is 0.344 e. The summed E-state index contributed by atoms with van der Waals surface area (Å²) in [5.74, 6) is -0.362. The number of hydrogen-bond acceptors (Lipinski definition) is 7. The second-order valence-electron chi connectivity index (χ2n) is 4.79. The summed E-state index contributed by atoms with van der Waals surface area (Å²) in [6.45, 7) is 3.72. The van der Waals surface area contributed by atoms with E-state index in [2.05, 4.69) is 9.69 Å². The number of nitrogens with zero attached hydrogens (tertiary/aromatic N) is 2. The lowest BCUT2D eigenvalue weighted by Gasteiger charge is -2.26. The number of piperidine rings is 1. The first kappa shape index (κ1) is 15.6. The molecule has 1 amide bonds. The number of nitrogen functional groups attached to an aromatic ring is 1. The highest BCUT2D eigenvalue weighted by atomic mass is 32.1. The highest BCUT2D eigenvalue weighted by molar-refractivity contribution is 7.11. The van der Waals surface area contributed by atoms with Crippen molar-refractivity contribution in [2.24, 2.45) is 0 Å². The summed E-state index contributed by atoms with van der Waals surface area (Å²) in [6, 6.07) is 0. The Balaban J connectivity index is 1.96. The molecule has 1 aromatic heterocycles. The monoisotopic (exact) mass is 312 g/mol. The number of rotatable bonds is 5. The summed E-state index contributed by atoms with van der Waals surface area (Å²) in [7, 11) is 0. The molecule has 0 spiro atoms. The van der Waals surface area contributed by atoms with Crippen LogP contribution in [-0.2, 0) is 9.53 Å². The largest absolute Gasteiger partial charge is 0.462 e. The minimum absolute atomic E-state index is 0.0245. The number of likely N-dealkylation sites (tertiary alicyclic amines) is 1. The van der Waals surface area contributed by atoms with Crippen LogP contribution in [0.5, 0.6) is 0 Å². The molecule has 2 heterocycles. The third kappa shape index (κ3) is 3.84. The number of aromatic nitrogens is 1. The fraction of sp³-hybridized carbons (Fsp3) is 0.615. The van der Waals surface area contributed by atoms with Gasteiger partial charge in [0.15, 0.2) is 5.82 Å². The van der Waals surface area contributed by atoms with Crippen molar-refractivity contribution in [2.45, 2.75) is 26.2 Å². The Morgan fingerprint density at radius 3 is 2.76 bits per heavy atom. The molecule has 1 aliphatic rings. The van der Waals surface area contributed by atoms with Gasteiger partial charge in [0, 0.05) is 13.1 Å². The molecular weight excluding hydrogens is 292 g/mol. The van der Waals surface area contributed by atoms with E-state index in [1.54, 1.807) is 6.92 Å². The molecule has 1 aliphatic heterocycles. The Hall–Kier alpha value is -1.83. The van der Waals surface area contributed by atoms with Crippen LogP contribution in [0.4, 0.5) is 10.8 Å². The third-order valence-electron chi connectivity index (χ3n) is 3.31. The number of nitrogens with two attached hydrogens (primary N) is 1. The van der Waals surface area contributed by atoms with E-state index in [1.807, 2.05) is 4.90 Å². The number of esters is 1. The van der Waals surface area contributed by atoms with Gasteiger partial charge in [0.2, 0.25) is 5.91 Å². The van der Waals surface area contributed by atoms with E-state index in [0.29, 0.717) is 5.00 Å². The Kier molecular flexibility index (Phi) is 5.38. The van der Waals surface area contributed by atoms with Crippen molar-refractivity contribution in [3.05, 3.63) is 5.56 Å². The zero-order valence-corrected chi connectivity index (χ0v) is 12.9. The summed E-state index contributed by atoms with van der Waals surface area (Å²) in [5.41, 5.74) is 5.90. The third-order valence-corrected chi connectivity index (χ3v) is 4.13. The fourth-order valence-electron chi connectivity index (χ4n) is 2.23. The van der Waals surface area contributed by atoms with E-state index in [4.69, 9.17) is 10.5 Å². The van der Waals surface area contributed by atoms with Gasteiger partial charge in [-0.1, -0.05) is 0 Å². The quantitative estimate of drug-likeness (QED) is 0.796. The lowest BCUT2D eigenvalue weighted by Crippen LogP contribution is -2.39. The van der Waals surface area contributed by atoms with Gasteiger partial charge in [0.05, 0.1) is 13.2 Å². The van der Waals surface area contributed by atoms with Crippen molar-refractivity contribution in [2.75, 3.05) is 37.3 Å². The van der Waals surface area contributed by atoms with Crippen LogP contribution < -0.4 is 11.1 Å². The first-order valence-corrected chi connectivity index (χ1v) is 7.84. The molecule has 0 bridgehead atoms. The van der Waals surface area contributed by atoms with Crippen LogP contribution in [0.1, 0.15) is 36.5 Å². The minimum atomic E-state index is -0.517. The number of carbonyl (C=O) groups is 2. The molecule has 7 nitrogen and oxygen atoms in total. The van der Waals surface area contributed by atoms with E-state index in [-0.39, 0.29) is 30.4 Å². The average Bonchev–Trinajstić information content (AvgIpc) is 2.87. The zero-order valence-electron chi connectivity index (χ0n) is 12.1. The molecule has 116 valence electrons. The standard InChI is InChI=1S/C13H20N4O3S/c1-2-20-13(19)10-11(14)16-21-12(10)15-8-9(18)17-6-4-3-5-7-17/h15H,2-8H2,1H3,(H2,14,16). The maximum absolute atomic E-state index is 12.1. The van der Waals surface area contributed by atoms with Gasteiger partial charge in [-0.3, -0.25) is 4.79 Å². The Morgan fingerprint density at radius 1 is 1.38 bits per heavy atom. The number of anilines is 2. The van der Waals surface area contributed by atoms with Gasteiger partial charge in [-0.15, -0.1) is 0 Å². The van der Waals surface area contributed by atoms with Gasteiger partial charge in [0.1, 0.15) is 10.6 Å². The number of ether oxygens (including phenoxy) is 1. The number of hydrogen-bond donors (Lipinski definition) is 2. The molecule has 1 aromatic rings. The van der Waals surface area contributed by atoms with Crippen LogP contribution in [0.25, 0.3) is 0 Å². The number of nitrogens with one attached hydrogen (secondary N) is 1. The predicted molar refractivity (Wildman–Crippen MR) is 81.4 cm³/mol. The second kappa shape index (κ2) is 7.26. The van der Waals surface area contributed by atoms with Gasteiger partial charge in [-0.2, -0.15) is 4.37 Å². The van der Waals surface area contributed by atoms with E-state index in [9.17, 15) is 9.59 Å². The van der Waals surface area contributed by atoms with Crippen molar-refractivity contribution < 1.29 is 14.3 Å². The molecule has 0 saturated carbocycles. The molecule has 1 fully saturated rings. The van der Waals surface area contributed by atoms with Gasteiger partial charge < -0.3 is 20.7 Å². The zero-order chi connectivity index (χ0) is 15.2. The minimum Gasteiger partial charge on any atom is -0.462 e. The fourth-order valence-corrected chi connectivity index (χ4v) is 2.93. The van der Waals surface area contributed by atoms with Crippen LogP contribution in [0.2, 0.25) is 0 Å². The lowest BCUT2D eigenvalue weighted by molar-refractivity contribution is -0.130. The summed E-state index contributed by atoms with van der Waals surface area (Å²) in [4.78, 5) is 25.7. The van der Waals surface area contributed by atoms with E-state index in [0.717, 1.165) is 37.5 Å². The Morgan fingerprint density at radius 2 is 2.10 bits per heavy atom. The van der Waals surface area contributed by atoms with Crippen LogP contribution in [0.3, 0.4) is 0 Å². The van der Waals surface area contributed by atoms with Crippen LogP contribution >= 0.6 is 11.5 Å². The van der Waals surface area contributed by atoms with Gasteiger partial charge in [0.25, 0.3) is 0 Å². The number of carbonyl (C=O) groups excluding carboxylic acids is 2. The van der Waals surface area contributed by atoms with E-state index < -0.39 is 5.97 Å². The normalized spacial score (nSPS) is 14.8. The van der Waals surface area contributed by atoms with Crippen molar-refractivity contribution in [3.8, 4) is 0 Å². The summed E-state index contributed by atoms with van der Waals surface area (Å²) in [6.07, 6.45) is 3.27. The van der Waals surface area contributed by atoms with Crippen molar-refractivity contribution in [1.29, 1.82) is 0 Å². The predicted octanol–water partition coefficient (Wildman–Crippen LogP) is 1.33. The van der Waals surface area contributed by atoms with Crippen LogP contribution in [-0.4, -0.2) is 47.4 Å². The van der Waals surface area contributed by atoms with Gasteiger partial charge in [-0.05, 0) is 37.7 Å². The SMILES string of the molecule is CCOC(=O)c1c(N)nsc1NCC(=O)N1CCCCC1. The number of amides is 1. The summed E-state index contributed by atoms with van der Waals surface area (Å²) < 4.78 is 8.88. The van der Waals surface area contributed by atoms with Gasteiger partial charge in [-0.25, -0.2) is 4.79 Å². The van der Waals surface area contributed by atoms with Crippen LogP contribution in [0.15, 0.2) is 0 Å². The molecule has 0 aliphatic carbocycles. The van der Waals surface area contributed by atoms with Crippen LogP contribution in [0, 0.1) is 0 Å². The molecule has 0 aromatic carbocycles. The molecule has 0 unspecified atom stereocenters. The maximum Gasteiger partial charge on any atom is 0.344 e. The molecule has 2 rings (SSSR count). The second-order valence-corrected chi connectivity index (χ2v) is 5.56. The molecule has 0 atom stereocenters. The maximum atomic E-state index is 12.1. The molecule has 0 radical (unpaired) electrons. The van der Waals surface area contributed by atoms with Crippen molar-refractivity contribution in [3.63, 3.8) is 0 Å². The molecule has 8 heteroatoms. The molecule has 1 saturated heterocycles. The van der Waals surface area contributed by atoms with Crippen molar-refractivity contribution in [1.82, 2.24) is 9.27 Å². The van der Waals surface area contributed by atoms with E-state index in [1.165, 1.54) is 6.42 Å². The molecule has 21 heavy (non-hydrogen) atoms. The average molecular weight is 312 g/mol. The molecular formula is C13H20N4O3S. The van der Waals surface area contributed by atoms with Crippen molar-refractivity contribution >= 4 is 34.2 Å². The summed E-state index contributed by atoms with van der Waals surface area (Å²) in [5, 5.41) is 3.44. The Bertz CT molecular complexity index is 512. The first-order chi connectivity index (χ1) is 10.1. The Labute approximate surface area is 127 Å². The summed E-state index contributed by atoms with van der Waals surface area (Å²) >= 11 is 1.06. The molecule has 3 N–H and O–H groups in total. The van der Waals surface area contributed by atoms with E-state index >= 15 is 0 Å². The van der Waals surface area contributed by atoms with Gasteiger partial charge >= 0.3 is 5.97 Å². The lowest BCUT2D eigenvalue weighted by atomic mass is 10.1.